The Bertz CT molecular complexity index is 1340. The fraction of sp³-hybridized carbons (Fsp3) is 0.360. The summed E-state index contributed by atoms with van der Waals surface area (Å²) in [5, 5.41) is 1.44. The minimum Gasteiger partial charge on any atom is -0.347 e. The van der Waals surface area contributed by atoms with Crippen LogP contribution in [0.4, 0.5) is 61.5 Å². The van der Waals surface area contributed by atoms with Crippen molar-refractivity contribution in [3.05, 3.63) is 76.1 Å². The summed E-state index contributed by atoms with van der Waals surface area (Å²) in [5.41, 5.74) is -7.31. The third-order valence-electron chi connectivity index (χ3n) is 5.63. The molecule has 232 valence electrons. The summed E-state index contributed by atoms with van der Waals surface area (Å²) >= 11 is 0. The minimum atomic E-state index is -5.45. The first-order chi connectivity index (χ1) is 18.9. The predicted molar refractivity (Wildman–Crippen MR) is 118 cm³/mol. The molecule has 42 heavy (non-hydrogen) atoms. The van der Waals surface area contributed by atoms with Crippen molar-refractivity contribution in [2.24, 2.45) is 5.92 Å². The lowest BCUT2D eigenvalue weighted by Gasteiger charge is -2.19. The number of halogens is 14. The highest BCUT2D eigenvalue weighted by atomic mass is 19.4. The average Bonchev–Trinajstić information content (AvgIpc) is 2.82. The first-order valence-electron chi connectivity index (χ1n) is 11.3. The zero-order chi connectivity index (χ0) is 32.4. The number of carbonyl (C=O) groups is 2. The maximum atomic E-state index is 14.9. The molecule has 1 unspecified atom stereocenters. The number of benzene rings is 2. The number of allylic oxidation sites excluding steroid dienone is 1. The zero-order valence-corrected chi connectivity index (χ0v) is 20.7. The third kappa shape index (κ3) is 9.17. The molecule has 0 aromatic heterocycles. The van der Waals surface area contributed by atoms with E-state index < -0.39 is 101 Å². The van der Waals surface area contributed by atoms with E-state index in [1.807, 2.05) is 0 Å². The molecule has 2 atom stereocenters. The number of hydrogen-bond acceptors (Lipinski definition) is 2. The smallest absolute Gasteiger partial charge is 0.347 e. The lowest BCUT2D eigenvalue weighted by atomic mass is 9.92. The fourth-order valence-electron chi connectivity index (χ4n) is 3.59. The highest BCUT2D eigenvalue weighted by molar-refractivity contribution is 6.00. The highest BCUT2D eigenvalue weighted by Crippen LogP contribution is 2.41. The van der Waals surface area contributed by atoms with Gasteiger partial charge in [-0.25, -0.2) is 8.78 Å². The van der Waals surface area contributed by atoms with Gasteiger partial charge >= 0.3 is 24.7 Å². The largest absolute Gasteiger partial charge is 0.419 e. The van der Waals surface area contributed by atoms with Crippen LogP contribution in [-0.4, -0.2) is 30.6 Å². The lowest BCUT2D eigenvalue weighted by Crippen LogP contribution is -2.37. The summed E-state index contributed by atoms with van der Waals surface area (Å²) < 4.78 is 186. The van der Waals surface area contributed by atoms with Crippen molar-refractivity contribution in [2.45, 2.75) is 44.0 Å². The van der Waals surface area contributed by atoms with Gasteiger partial charge in [0.25, 0.3) is 0 Å². The van der Waals surface area contributed by atoms with Crippen LogP contribution in [-0.2, 0) is 17.1 Å². The van der Waals surface area contributed by atoms with Gasteiger partial charge in [-0.05, 0) is 29.8 Å². The topological polar surface area (TPSA) is 46.2 Å². The van der Waals surface area contributed by atoms with E-state index in [0.29, 0.717) is 12.1 Å². The molecule has 0 aliphatic rings. The van der Waals surface area contributed by atoms with Gasteiger partial charge in [0.1, 0.15) is 24.1 Å². The maximum absolute atomic E-state index is 14.9. The van der Waals surface area contributed by atoms with Gasteiger partial charge in [-0.15, -0.1) is 0 Å². The number of ketones is 1. The maximum Gasteiger partial charge on any atom is 0.419 e. The second kappa shape index (κ2) is 12.3. The van der Waals surface area contributed by atoms with Crippen LogP contribution in [0, 0.1) is 11.7 Å². The molecule has 0 saturated carbocycles. The molecule has 0 spiro atoms. The summed E-state index contributed by atoms with van der Waals surface area (Å²) in [6.45, 7) is -0.842. The predicted octanol–water partition coefficient (Wildman–Crippen LogP) is 8.41. The normalized spacial score (nSPS) is 14.9. The van der Waals surface area contributed by atoms with Crippen molar-refractivity contribution in [1.82, 2.24) is 5.32 Å². The van der Waals surface area contributed by atoms with Crippen LogP contribution >= 0.6 is 0 Å². The van der Waals surface area contributed by atoms with E-state index in [4.69, 9.17) is 0 Å². The van der Waals surface area contributed by atoms with Crippen LogP contribution in [0.1, 0.15) is 51.9 Å². The Kier molecular flexibility index (Phi) is 10.1. The van der Waals surface area contributed by atoms with Crippen molar-refractivity contribution in [2.75, 3.05) is 6.54 Å². The van der Waals surface area contributed by atoms with Gasteiger partial charge in [0.05, 0.1) is 11.1 Å². The Balaban J connectivity index is 2.46. The van der Waals surface area contributed by atoms with Crippen molar-refractivity contribution in [3.8, 4) is 0 Å². The summed E-state index contributed by atoms with van der Waals surface area (Å²) in [5.74, 6) is -11.5. The fourth-order valence-corrected chi connectivity index (χ4v) is 3.59. The minimum absolute atomic E-state index is 0.0261. The Labute approximate surface area is 227 Å². The number of alkyl halides is 12. The Morgan fingerprint density at radius 1 is 0.833 bits per heavy atom. The van der Waals surface area contributed by atoms with Crippen molar-refractivity contribution < 1.29 is 71.1 Å². The van der Waals surface area contributed by atoms with Crippen LogP contribution in [0.2, 0.25) is 0 Å². The monoisotopic (exact) mass is 629 g/mol. The van der Waals surface area contributed by atoms with Gasteiger partial charge < -0.3 is 5.32 Å². The Hall–Kier alpha value is -3.66. The summed E-state index contributed by atoms with van der Waals surface area (Å²) in [4.78, 5) is 24.2. The molecule has 0 radical (unpaired) electrons. The SMILES string of the molecule is C[C@@H](CC(=O)c1ccc(/C(F)=C/C(c2ccc(C(F)(F)F)c(F)c2)C(F)(F)F)cc1C(F)(F)F)C(=O)NCC(F)(F)F. The van der Waals surface area contributed by atoms with E-state index in [9.17, 15) is 71.1 Å². The van der Waals surface area contributed by atoms with Gasteiger partial charge in [-0.2, -0.15) is 52.7 Å². The molecule has 2 aromatic carbocycles. The van der Waals surface area contributed by atoms with E-state index >= 15 is 0 Å². The summed E-state index contributed by atoms with van der Waals surface area (Å²) in [6.07, 6.45) is -22.3. The molecule has 0 aliphatic carbocycles. The molecule has 17 heteroatoms. The van der Waals surface area contributed by atoms with Gasteiger partial charge in [0.2, 0.25) is 5.91 Å². The van der Waals surface area contributed by atoms with Gasteiger partial charge in [0.15, 0.2) is 5.78 Å². The van der Waals surface area contributed by atoms with Gasteiger partial charge in [-0.3, -0.25) is 9.59 Å². The van der Waals surface area contributed by atoms with Crippen molar-refractivity contribution in [3.63, 3.8) is 0 Å². The van der Waals surface area contributed by atoms with E-state index in [2.05, 4.69) is 0 Å². The number of carbonyl (C=O) groups excluding carboxylic acids is 2. The van der Waals surface area contributed by atoms with Crippen LogP contribution in [0.5, 0.6) is 0 Å². The number of nitrogens with one attached hydrogen (secondary N) is 1. The molecular formula is C25H17F14NO2. The number of rotatable bonds is 8. The van der Waals surface area contributed by atoms with Gasteiger partial charge in [-0.1, -0.05) is 25.1 Å². The third-order valence-corrected chi connectivity index (χ3v) is 5.63. The molecule has 2 rings (SSSR count). The number of amides is 1. The van der Waals surface area contributed by atoms with Crippen LogP contribution in [0.15, 0.2) is 42.5 Å². The van der Waals surface area contributed by atoms with E-state index in [0.717, 1.165) is 6.92 Å². The quantitative estimate of drug-likeness (QED) is 0.236. The molecule has 1 amide bonds. The van der Waals surface area contributed by atoms with Crippen molar-refractivity contribution in [1.29, 1.82) is 0 Å². The molecule has 0 fully saturated rings. The number of hydrogen-bond donors (Lipinski definition) is 1. The molecule has 0 saturated heterocycles. The highest BCUT2D eigenvalue weighted by Gasteiger charge is 2.42. The Morgan fingerprint density at radius 3 is 1.88 bits per heavy atom. The average molecular weight is 629 g/mol. The van der Waals surface area contributed by atoms with Gasteiger partial charge in [0, 0.05) is 23.5 Å². The van der Waals surface area contributed by atoms with Crippen molar-refractivity contribution >= 4 is 17.5 Å². The van der Waals surface area contributed by atoms with E-state index in [1.54, 1.807) is 0 Å². The molecule has 0 aliphatic heterocycles. The second-order valence-corrected chi connectivity index (χ2v) is 8.89. The van der Waals surface area contributed by atoms with Crippen LogP contribution < -0.4 is 5.32 Å². The summed E-state index contributed by atoms with van der Waals surface area (Å²) in [6, 6.07) is 0.816. The molecular weight excluding hydrogens is 612 g/mol. The lowest BCUT2D eigenvalue weighted by molar-refractivity contribution is -0.141. The standard InChI is InChI=1S/C25H17F14NO2/c1-11(21(42)40-10-22(28,29)30)6-20(41)14-4-2-13(7-17(14)25(37,38)39)18(26)9-16(24(34,35)36)12-3-5-15(19(27)8-12)23(31,32)33/h2-5,7-9,11,16H,6,10H2,1H3,(H,40,42)/b18-9-/t11-,16?/m0/s1. The summed E-state index contributed by atoms with van der Waals surface area (Å²) in [7, 11) is 0. The van der Waals surface area contributed by atoms with Crippen LogP contribution in [0.3, 0.4) is 0 Å². The van der Waals surface area contributed by atoms with E-state index in [-0.39, 0.29) is 30.3 Å². The first kappa shape index (κ1) is 34.5. The molecule has 0 bridgehead atoms. The number of Topliss-reactive ketones (excluding diaryl/α,β-unsaturated/α-hetero) is 1. The molecule has 3 nitrogen and oxygen atoms in total. The second-order valence-electron chi connectivity index (χ2n) is 8.89. The molecule has 2 aromatic rings. The first-order valence-corrected chi connectivity index (χ1v) is 11.3. The van der Waals surface area contributed by atoms with Crippen LogP contribution in [0.25, 0.3) is 5.83 Å². The Morgan fingerprint density at radius 2 is 1.40 bits per heavy atom. The van der Waals surface area contributed by atoms with E-state index in [1.165, 1.54) is 5.32 Å². The molecule has 0 heterocycles. The molecule has 1 N–H and O–H groups in total. The zero-order valence-electron chi connectivity index (χ0n) is 20.7.